The van der Waals surface area contributed by atoms with Crippen LogP contribution in [0.5, 0.6) is 0 Å². The number of hydrogen-bond donors (Lipinski definition) is 1. The number of carbonyl (C=O) groups is 1. The minimum Gasteiger partial charge on any atom is -0.351 e. The molecule has 0 saturated carbocycles. The largest absolute Gasteiger partial charge is 0.351 e. The van der Waals surface area contributed by atoms with Crippen molar-refractivity contribution < 1.29 is 4.79 Å². The molecule has 6 nitrogen and oxygen atoms in total. The first kappa shape index (κ1) is 16.0. The monoisotopic (exact) mass is 323 g/mol. The Hall–Kier alpha value is -2.89. The Morgan fingerprint density at radius 2 is 2.00 bits per heavy atom. The topological polar surface area (TPSA) is 64.7 Å². The lowest BCUT2D eigenvalue weighted by Gasteiger charge is -2.05. The Labute approximate surface area is 141 Å². The summed E-state index contributed by atoms with van der Waals surface area (Å²) in [7, 11) is 0. The van der Waals surface area contributed by atoms with E-state index < -0.39 is 0 Å². The normalized spacial score (nSPS) is 10.8. The molecule has 0 bridgehead atoms. The molecule has 0 aliphatic heterocycles. The van der Waals surface area contributed by atoms with Crippen LogP contribution < -0.4 is 5.32 Å². The number of carbonyl (C=O) groups excluding carboxylic acids is 1. The summed E-state index contributed by atoms with van der Waals surface area (Å²) >= 11 is 0. The molecule has 0 aliphatic rings. The number of nitrogens with one attached hydrogen (secondary N) is 1. The zero-order valence-corrected chi connectivity index (χ0v) is 13.9. The van der Waals surface area contributed by atoms with E-state index in [9.17, 15) is 4.79 Å². The number of aryl methyl sites for hydroxylation is 3. The van der Waals surface area contributed by atoms with Gasteiger partial charge in [-0.2, -0.15) is 5.10 Å². The van der Waals surface area contributed by atoms with Gasteiger partial charge in [-0.05, 0) is 38.5 Å². The van der Waals surface area contributed by atoms with Gasteiger partial charge in [0, 0.05) is 30.7 Å². The minimum absolute atomic E-state index is 0.155. The van der Waals surface area contributed by atoms with Gasteiger partial charge in [-0.25, -0.2) is 4.98 Å². The molecule has 0 radical (unpaired) electrons. The zero-order chi connectivity index (χ0) is 16.9. The Morgan fingerprint density at radius 1 is 1.21 bits per heavy atom. The number of aromatic nitrogens is 4. The molecule has 0 spiro atoms. The lowest BCUT2D eigenvalue weighted by molar-refractivity contribution is 0.0948. The predicted molar refractivity (Wildman–Crippen MR) is 92.2 cm³/mol. The number of imidazole rings is 1. The van der Waals surface area contributed by atoms with Gasteiger partial charge in [0.2, 0.25) is 0 Å². The molecule has 3 aromatic rings. The molecule has 124 valence electrons. The maximum atomic E-state index is 12.2. The number of rotatable bonds is 6. The smallest absolute Gasteiger partial charge is 0.271 e. The van der Waals surface area contributed by atoms with Gasteiger partial charge in [0.1, 0.15) is 12.0 Å². The maximum Gasteiger partial charge on any atom is 0.271 e. The van der Waals surface area contributed by atoms with Crippen LogP contribution in [0.2, 0.25) is 0 Å². The average molecular weight is 323 g/mol. The number of nitrogens with zero attached hydrogens (tertiary/aromatic N) is 4. The average Bonchev–Trinajstić information content (AvgIpc) is 3.19. The summed E-state index contributed by atoms with van der Waals surface area (Å²) < 4.78 is 3.80. The molecule has 3 rings (SSSR count). The molecule has 6 heteroatoms. The molecule has 2 heterocycles. The molecule has 0 aliphatic carbocycles. The van der Waals surface area contributed by atoms with E-state index in [-0.39, 0.29) is 5.91 Å². The van der Waals surface area contributed by atoms with Crippen LogP contribution >= 0.6 is 0 Å². The molecule has 24 heavy (non-hydrogen) atoms. The first-order valence-electron chi connectivity index (χ1n) is 8.02. The van der Waals surface area contributed by atoms with Crippen molar-refractivity contribution in [2.24, 2.45) is 0 Å². The van der Waals surface area contributed by atoms with Crippen LogP contribution in [-0.2, 0) is 6.54 Å². The second kappa shape index (κ2) is 7.12. The van der Waals surface area contributed by atoms with E-state index in [1.165, 1.54) is 0 Å². The van der Waals surface area contributed by atoms with Crippen LogP contribution in [0.3, 0.4) is 0 Å². The Bertz CT molecular complexity index is 819. The van der Waals surface area contributed by atoms with E-state index in [0.717, 1.165) is 30.0 Å². The molecular weight excluding hydrogens is 302 g/mol. The number of para-hydroxylation sites is 1. The standard InChI is InChI=1S/C18H21N5O/c1-14-11-15(2)23(21-14)10-6-9-19-18(24)17-12-22(13-20-17)16-7-4-3-5-8-16/h3-5,7-8,11-13H,6,9-10H2,1-2H3,(H,19,24). The van der Waals surface area contributed by atoms with Crippen LogP contribution in [-0.4, -0.2) is 31.8 Å². The highest BCUT2D eigenvalue weighted by atomic mass is 16.1. The fourth-order valence-electron chi connectivity index (χ4n) is 2.60. The lowest BCUT2D eigenvalue weighted by atomic mass is 10.3. The van der Waals surface area contributed by atoms with E-state index in [4.69, 9.17) is 0 Å². The van der Waals surface area contributed by atoms with Gasteiger partial charge in [0.05, 0.1) is 5.69 Å². The molecule has 0 unspecified atom stereocenters. The van der Waals surface area contributed by atoms with E-state index in [1.807, 2.05) is 53.4 Å². The number of amides is 1. The lowest BCUT2D eigenvalue weighted by Crippen LogP contribution is -2.25. The second-order valence-corrected chi connectivity index (χ2v) is 5.76. The first-order chi connectivity index (χ1) is 11.6. The number of benzene rings is 1. The van der Waals surface area contributed by atoms with Crippen LogP contribution in [0.15, 0.2) is 48.9 Å². The zero-order valence-electron chi connectivity index (χ0n) is 13.9. The molecule has 1 amide bonds. The minimum atomic E-state index is -0.155. The summed E-state index contributed by atoms with van der Waals surface area (Å²) in [6.07, 6.45) is 4.22. The molecule has 2 aromatic heterocycles. The molecular formula is C18H21N5O. The fraction of sp³-hybridized carbons (Fsp3) is 0.278. The van der Waals surface area contributed by atoms with E-state index in [0.29, 0.717) is 12.2 Å². The van der Waals surface area contributed by atoms with E-state index >= 15 is 0 Å². The van der Waals surface area contributed by atoms with Gasteiger partial charge in [0.15, 0.2) is 0 Å². The van der Waals surface area contributed by atoms with Crippen molar-refractivity contribution in [2.45, 2.75) is 26.8 Å². The van der Waals surface area contributed by atoms with Crippen molar-refractivity contribution in [3.8, 4) is 5.69 Å². The summed E-state index contributed by atoms with van der Waals surface area (Å²) in [5.41, 5.74) is 3.56. The third kappa shape index (κ3) is 3.71. The highest BCUT2D eigenvalue weighted by Crippen LogP contribution is 2.08. The van der Waals surface area contributed by atoms with Gasteiger partial charge in [-0.3, -0.25) is 9.48 Å². The quantitative estimate of drug-likeness (QED) is 0.709. The highest BCUT2D eigenvalue weighted by molar-refractivity contribution is 5.92. The molecule has 1 aromatic carbocycles. The van der Waals surface area contributed by atoms with Crippen molar-refractivity contribution >= 4 is 5.91 Å². The maximum absolute atomic E-state index is 12.2. The van der Waals surface area contributed by atoms with Gasteiger partial charge in [-0.1, -0.05) is 18.2 Å². The third-order valence-corrected chi connectivity index (χ3v) is 3.81. The van der Waals surface area contributed by atoms with Gasteiger partial charge in [-0.15, -0.1) is 0 Å². The predicted octanol–water partition coefficient (Wildman–Crippen LogP) is 2.51. The summed E-state index contributed by atoms with van der Waals surface area (Å²) in [5.74, 6) is -0.155. The first-order valence-corrected chi connectivity index (χ1v) is 8.02. The summed E-state index contributed by atoms with van der Waals surface area (Å²) in [4.78, 5) is 16.3. The molecule has 0 atom stereocenters. The van der Waals surface area contributed by atoms with Crippen molar-refractivity contribution in [2.75, 3.05) is 6.54 Å². The fourth-order valence-corrected chi connectivity index (χ4v) is 2.60. The molecule has 0 fully saturated rings. The van der Waals surface area contributed by atoms with Gasteiger partial charge in [0.25, 0.3) is 5.91 Å². The van der Waals surface area contributed by atoms with E-state index in [1.54, 1.807) is 12.5 Å². The Balaban J connectivity index is 1.51. The summed E-state index contributed by atoms with van der Waals surface area (Å²) in [5, 5.41) is 7.31. The van der Waals surface area contributed by atoms with Gasteiger partial charge >= 0.3 is 0 Å². The van der Waals surface area contributed by atoms with Crippen LogP contribution in [0, 0.1) is 13.8 Å². The van der Waals surface area contributed by atoms with Crippen molar-refractivity contribution in [1.29, 1.82) is 0 Å². The van der Waals surface area contributed by atoms with Crippen molar-refractivity contribution in [3.05, 3.63) is 66.0 Å². The van der Waals surface area contributed by atoms with Crippen LogP contribution in [0.1, 0.15) is 28.3 Å². The highest BCUT2D eigenvalue weighted by Gasteiger charge is 2.09. The Morgan fingerprint density at radius 3 is 2.71 bits per heavy atom. The SMILES string of the molecule is Cc1cc(C)n(CCCNC(=O)c2cn(-c3ccccc3)cn2)n1. The van der Waals surface area contributed by atoms with Crippen molar-refractivity contribution in [3.63, 3.8) is 0 Å². The van der Waals surface area contributed by atoms with Crippen molar-refractivity contribution in [1.82, 2.24) is 24.6 Å². The summed E-state index contributed by atoms with van der Waals surface area (Å²) in [6, 6.07) is 11.9. The van der Waals surface area contributed by atoms with Crippen LogP contribution in [0.4, 0.5) is 0 Å². The summed E-state index contributed by atoms with van der Waals surface area (Å²) in [6.45, 7) is 5.40. The molecule has 1 N–H and O–H groups in total. The van der Waals surface area contributed by atoms with Crippen LogP contribution in [0.25, 0.3) is 5.69 Å². The number of hydrogen-bond acceptors (Lipinski definition) is 3. The third-order valence-electron chi connectivity index (χ3n) is 3.81. The van der Waals surface area contributed by atoms with Gasteiger partial charge < -0.3 is 9.88 Å². The second-order valence-electron chi connectivity index (χ2n) is 5.76. The Kier molecular flexibility index (Phi) is 4.74. The molecule has 0 saturated heterocycles. The van der Waals surface area contributed by atoms with E-state index in [2.05, 4.69) is 21.5 Å².